The van der Waals surface area contributed by atoms with Gasteiger partial charge in [-0.25, -0.2) is 4.98 Å². The first-order valence-electron chi connectivity index (χ1n) is 7.80. The second kappa shape index (κ2) is 8.04. The van der Waals surface area contributed by atoms with E-state index in [4.69, 9.17) is 23.2 Å². The van der Waals surface area contributed by atoms with Gasteiger partial charge in [0.1, 0.15) is 10.0 Å². The number of nitrogens with zero attached hydrogens (tertiary/aromatic N) is 2. The summed E-state index contributed by atoms with van der Waals surface area (Å²) in [6.07, 6.45) is 0. The highest BCUT2D eigenvalue weighted by Gasteiger charge is 2.17. The van der Waals surface area contributed by atoms with E-state index in [2.05, 4.69) is 10.3 Å². The Bertz CT molecular complexity index is 1040. The summed E-state index contributed by atoms with van der Waals surface area (Å²) < 4.78 is 0. The number of carbonyl (C=O) groups excluding carboxylic acids is 1. The van der Waals surface area contributed by atoms with Crippen molar-refractivity contribution in [2.75, 3.05) is 0 Å². The van der Waals surface area contributed by atoms with Crippen molar-refractivity contribution in [3.63, 3.8) is 0 Å². The quantitative estimate of drug-likeness (QED) is 0.449. The molecule has 0 spiro atoms. The first-order chi connectivity index (χ1) is 12.9. The third-order valence-corrected chi connectivity index (χ3v) is 5.65. The number of nitro benzene ring substituents is 1. The summed E-state index contributed by atoms with van der Waals surface area (Å²) in [5, 5.41) is 15.1. The van der Waals surface area contributed by atoms with E-state index in [-0.39, 0.29) is 22.8 Å². The van der Waals surface area contributed by atoms with Crippen molar-refractivity contribution >= 4 is 46.1 Å². The molecule has 0 saturated carbocycles. The average molecular weight is 422 g/mol. The number of hydrogen-bond donors (Lipinski definition) is 1. The van der Waals surface area contributed by atoms with Crippen LogP contribution in [-0.4, -0.2) is 15.8 Å². The van der Waals surface area contributed by atoms with Gasteiger partial charge in [0, 0.05) is 22.1 Å². The normalized spacial score (nSPS) is 10.6. The molecule has 1 heterocycles. The second-order valence-electron chi connectivity index (χ2n) is 5.61. The Morgan fingerprint density at radius 3 is 2.67 bits per heavy atom. The summed E-state index contributed by atoms with van der Waals surface area (Å²) in [4.78, 5) is 28.1. The number of halogens is 2. The van der Waals surface area contributed by atoms with Crippen molar-refractivity contribution in [3.8, 4) is 10.6 Å². The predicted molar refractivity (Wildman–Crippen MR) is 107 cm³/mol. The number of aryl methyl sites for hydroxylation is 1. The average Bonchev–Trinajstić information content (AvgIpc) is 3.00. The summed E-state index contributed by atoms with van der Waals surface area (Å²) >= 11 is 13.4. The van der Waals surface area contributed by atoms with Crippen molar-refractivity contribution < 1.29 is 9.72 Å². The smallest absolute Gasteiger partial charge is 0.288 e. The maximum atomic E-state index is 12.3. The standard InChI is InChI=1S/C18H13Cl2N3O3S/c1-10-16(27-18(22-10)12-4-2-3-5-13(12)19)9-21-17(24)11-6-7-14(20)15(8-11)23(25)26/h2-8H,9H2,1H3,(H,21,24). The van der Waals surface area contributed by atoms with Crippen LogP contribution in [0.5, 0.6) is 0 Å². The van der Waals surface area contributed by atoms with Gasteiger partial charge < -0.3 is 5.32 Å². The minimum Gasteiger partial charge on any atom is -0.347 e. The van der Waals surface area contributed by atoms with Crippen LogP contribution in [0, 0.1) is 17.0 Å². The molecular formula is C18H13Cl2N3O3S. The number of amides is 1. The van der Waals surface area contributed by atoms with Gasteiger partial charge in [0.05, 0.1) is 22.2 Å². The zero-order chi connectivity index (χ0) is 19.6. The molecule has 9 heteroatoms. The van der Waals surface area contributed by atoms with Crippen LogP contribution in [0.2, 0.25) is 10.0 Å². The molecule has 0 bridgehead atoms. The van der Waals surface area contributed by atoms with Gasteiger partial charge in [-0.1, -0.05) is 41.4 Å². The fraction of sp³-hybridized carbons (Fsp3) is 0.111. The van der Waals surface area contributed by atoms with Crippen LogP contribution in [0.25, 0.3) is 10.6 Å². The molecule has 1 amide bonds. The highest BCUT2D eigenvalue weighted by Crippen LogP contribution is 2.32. The van der Waals surface area contributed by atoms with Crippen LogP contribution >= 0.6 is 34.5 Å². The third-order valence-electron chi connectivity index (χ3n) is 3.81. The lowest BCUT2D eigenvalue weighted by molar-refractivity contribution is -0.384. The van der Waals surface area contributed by atoms with Crippen molar-refractivity contribution in [2.24, 2.45) is 0 Å². The Balaban J connectivity index is 1.76. The van der Waals surface area contributed by atoms with Crippen LogP contribution in [0.3, 0.4) is 0 Å². The minimum absolute atomic E-state index is 0.0146. The molecule has 1 aromatic heterocycles. The van der Waals surface area contributed by atoms with Gasteiger partial charge in [-0.15, -0.1) is 11.3 Å². The first-order valence-corrected chi connectivity index (χ1v) is 9.37. The molecule has 0 radical (unpaired) electrons. The molecular weight excluding hydrogens is 409 g/mol. The lowest BCUT2D eigenvalue weighted by Gasteiger charge is -2.05. The Labute approximate surface area is 168 Å². The number of benzene rings is 2. The maximum Gasteiger partial charge on any atom is 0.288 e. The summed E-state index contributed by atoms with van der Waals surface area (Å²) in [5.74, 6) is -0.429. The van der Waals surface area contributed by atoms with Gasteiger partial charge in [-0.3, -0.25) is 14.9 Å². The maximum absolute atomic E-state index is 12.3. The largest absolute Gasteiger partial charge is 0.347 e. The van der Waals surface area contributed by atoms with Gasteiger partial charge in [0.25, 0.3) is 11.6 Å². The summed E-state index contributed by atoms with van der Waals surface area (Å²) in [6.45, 7) is 2.11. The molecule has 1 N–H and O–H groups in total. The van der Waals surface area contributed by atoms with Crippen molar-refractivity contribution in [1.29, 1.82) is 0 Å². The predicted octanol–water partition coefficient (Wildman–Crippen LogP) is 5.26. The van der Waals surface area contributed by atoms with E-state index in [1.807, 2.05) is 25.1 Å². The van der Waals surface area contributed by atoms with E-state index in [1.165, 1.54) is 23.5 Å². The molecule has 3 aromatic rings. The van der Waals surface area contributed by atoms with E-state index in [1.54, 1.807) is 6.07 Å². The van der Waals surface area contributed by atoms with Gasteiger partial charge in [-0.2, -0.15) is 0 Å². The first kappa shape index (κ1) is 19.3. The van der Waals surface area contributed by atoms with Crippen LogP contribution in [0.4, 0.5) is 5.69 Å². The topological polar surface area (TPSA) is 85.1 Å². The van der Waals surface area contributed by atoms with E-state index < -0.39 is 10.8 Å². The molecule has 2 aromatic carbocycles. The zero-order valence-corrected chi connectivity index (χ0v) is 16.4. The number of nitrogens with one attached hydrogen (secondary N) is 1. The van der Waals surface area contributed by atoms with Gasteiger partial charge in [0.2, 0.25) is 0 Å². The van der Waals surface area contributed by atoms with Crippen molar-refractivity contribution in [3.05, 3.63) is 78.8 Å². The van der Waals surface area contributed by atoms with Gasteiger partial charge in [0.15, 0.2) is 0 Å². The van der Waals surface area contributed by atoms with Crippen LogP contribution in [-0.2, 0) is 6.54 Å². The summed E-state index contributed by atoms with van der Waals surface area (Å²) in [6, 6.07) is 11.3. The second-order valence-corrected chi connectivity index (χ2v) is 7.51. The molecule has 0 saturated heterocycles. The molecule has 0 atom stereocenters. The van der Waals surface area contributed by atoms with E-state index in [0.717, 1.165) is 27.2 Å². The fourth-order valence-electron chi connectivity index (χ4n) is 2.40. The molecule has 3 rings (SSSR count). The summed E-state index contributed by atoms with van der Waals surface area (Å²) in [7, 11) is 0. The Kier molecular flexibility index (Phi) is 5.74. The number of rotatable bonds is 5. The van der Waals surface area contributed by atoms with Crippen LogP contribution in [0.15, 0.2) is 42.5 Å². The molecule has 138 valence electrons. The molecule has 0 aliphatic rings. The van der Waals surface area contributed by atoms with Crippen LogP contribution < -0.4 is 5.32 Å². The molecule has 0 fully saturated rings. The molecule has 6 nitrogen and oxygen atoms in total. The Morgan fingerprint density at radius 1 is 1.22 bits per heavy atom. The Hall–Kier alpha value is -2.48. The van der Waals surface area contributed by atoms with E-state index >= 15 is 0 Å². The van der Waals surface area contributed by atoms with E-state index in [9.17, 15) is 14.9 Å². The molecule has 27 heavy (non-hydrogen) atoms. The number of thiazole rings is 1. The number of aromatic nitrogens is 1. The number of hydrogen-bond acceptors (Lipinski definition) is 5. The third kappa shape index (κ3) is 4.27. The highest BCUT2D eigenvalue weighted by molar-refractivity contribution is 7.15. The Morgan fingerprint density at radius 2 is 1.96 bits per heavy atom. The minimum atomic E-state index is -0.623. The molecule has 0 aliphatic heterocycles. The highest BCUT2D eigenvalue weighted by atomic mass is 35.5. The molecule has 0 aliphatic carbocycles. The van der Waals surface area contributed by atoms with Crippen molar-refractivity contribution in [2.45, 2.75) is 13.5 Å². The van der Waals surface area contributed by atoms with E-state index in [0.29, 0.717) is 5.02 Å². The monoisotopic (exact) mass is 421 g/mol. The van der Waals surface area contributed by atoms with Crippen molar-refractivity contribution in [1.82, 2.24) is 10.3 Å². The summed E-state index contributed by atoms with van der Waals surface area (Å²) in [5.41, 5.74) is 1.48. The SMILES string of the molecule is Cc1nc(-c2ccccc2Cl)sc1CNC(=O)c1ccc(Cl)c([N+](=O)[O-])c1. The lowest BCUT2D eigenvalue weighted by Crippen LogP contribution is -2.22. The fourth-order valence-corrected chi connectivity index (χ4v) is 3.91. The lowest BCUT2D eigenvalue weighted by atomic mass is 10.2. The number of carbonyl (C=O) groups is 1. The van der Waals surface area contributed by atoms with Gasteiger partial charge in [-0.05, 0) is 25.1 Å². The molecule has 0 unspecified atom stereocenters. The van der Waals surface area contributed by atoms with Crippen LogP contribution in [0.1, 0.15) is 20.9 Å². The van der Waals surface area contributed by atoms with Gasteiger partial charge >= 0.3 is 0 Å². The zero-order valence-electron chi connectivity index (χ0n) is 14.0. The number of nitro groups is 1.